The molecule has 0 aliphatic rings. The molecule has 94 valence electrons. The molecule has 0 radical (unpaired) electrons. The fourth-order valence-electron chi connectivity index (χ4n) is 0.881. The molecule has 0 aliphatic heterocycles. The molecule has 1 aromatic heterocycles. The van der Waals surface area contributed by atoms with Gasteiger partial charge in [0.1, 0.15) is 17.7 Å². The van der Waals surface area contributed by atoms with Crippen molar-refractivity contribution in [2.24, 2.45) is 0 Å². The predicted octanol–water partition coefficient (Wildman–Crippen LogP) is 2.29. The third-order valence-electron chi connectivity index (χ3n) is 1.81. The van der Waals surface area contributed by atoms with E-state index in [2.05, 4.69) is 4.98 Å². The van der Waals surface area contributed by atoms with Gasteiger partial charge in [-0.25, -0.2) is 14.2 Å². The second-order valence-corrected chi connectivity index (χ2v) is 3.22. The summed E-state index contributed by atoms with van der Waals surface area (Å²) in [4.78, 5) is 14.6. The highest BCUT2D eigenvalue weighted by molar-refractivity contribution is 5.88. The van der Waals surface area contributed by atoms with Crippen LogP contribution < -0.4 is 10.6 Å². The van der Waals surface area contributed by atoms with E-state index in [-0.39, 0.29) is 5.82 Å². The summed E-state index contributed by atoms with van der Waals surface area (Å²) in [6.45, 7) is 0.803. The van der Waals surface area contributed by atoms with Crippen molar-refractivity contribution in [2.75, 3.05) is 5.32 Å². The number of halogens is 4. The van der Waals surface area contributed by atoms with Crippen LogP contribution in [0.3, 0.4) is 0 Å². The Morgan fingerprint density at radius 2 is 2.06 bits per heavy atom. The molecule has 2 N–H and O–H groups in total. The molecule has 1 atom stereocenters. The summed E-state index contributed by atoms with van der Waals surface area (Å²) in [6, 6.07) is -0.889. The Kier molecular flexibility index (Phi) is 3.87. The van der Waals surface area contributed by atoms with E-state index in [4.69, 9.17) is 0 Å². The van der Waals surface area contributed by atoms with E-state index in [1.807, 2.05) is 5.32 Å². The second-order valence-electron chi connectivity index (χ2n) is 3.22. The number of hydrogen-bond acceptors (Lipinski definition) is 2. The van der Waals surface area contributed by atoms with Gasteiger partial charge >= 0.3 is 12.2 Å². The molecule has 2 amide bonds. The lowest BCUT2D eigenvalue weighted by Gasteiger charge is -2.17. The minimum absolute atomic E-state index is 0.0433. The largest absolute Gasteiger partial charge is 0.408 e. The van der Waals surface area contributed by atoms with Gasteiger partial charge in [-0.05, 0) is 19.1 Å². The van der Waals surface area contributed by atoms with E-state index < -0.39 is 24.1 Å². The summed E-state index contributed by atoms with van der Waals surface area (Å²) in [7, 11) is 0. The zero-order valence-electron chi connectivity index (χ0n) is 8.68. The molecular formula is C9H9F4N3O. The van der Waals surface area contributed by atoms with Crippen LogP contribution in [0.15, 0.2) is 18.3 Å². The summed E-state index contributed by atoms with van der Waals surface area (Å²) in [5.74, 6) is -0.655. The molecule has 0 aromatic carbocycles. The second kappa shape index (κ2) is 4.98. The first kappa shape index (κ1) is 13.2. The number of carbonyl (C=O) groups is 1. The Labute approximate surface area is 94.0 Å². The SMILES string of the molecule is CC(NC(=O)Nc1ccc(F)cn1)C(F)(F)F. The topological polar surface area (TPSA) is 54.0 Å². The van der Waals surface area contributed by atoms with Crippen molar-refractivity contribution < 1.29 is 22.4 Å². The number of anilines is 1. The van der Waals surface area contributed by atoms with Crippen LogP contribution in [-0.2, 0) is 0 Å². The van der Waals surface area contributed by atoms with Crippen molar-refractivity contribution in [3.8, 4) is 0 Å². The lowest BCUT2D eigenvalue weighted by molar-refractivity contribution is -0.148. The zero-order chi connectivity index (χ0) is 13.1. The number of rotatable bonds is 2. The van der Waals surface area contributed by atoms with Gasteiger partial charge in [0.25, 0.3) is 0 Å². The van der Waals surface area contributed by atoms with Gasteiger partial charge in [-0.1, -0.05) is 0 Å². The molecule has 0 aliphatic carbocycles. The number of urea groups is 1. The number of alkyl halides is 3. The molecule has 1 aromatic rings. The molecule has 0 bridgehead atoms. The fraction of sp³-hybridized carbons (Fsp3) is 0.333. The maximum absolute atomic E-state index is 12.5. The van der Waals surface area contributed by atoms with Crippen molar-refractivity contribution in [1.29, 1.82) is 0 Å². The van der Waals surface area contributed by atoms with Gasteiger partial charge in [0.05, 0.1) is 6.20 Å². The lowest BCUT2D eigenvalue weighted by Crippen LogP contribution is -2.45. The van der Waals surface area contributed by atoms with Crippen LogP contribution in [0.2, 0.25) is 0 Å². The van der Waals surface area contributed by atoms with Crippen LogP contribution in [0, 0.1) is 5.82 Å². The van der Waals surface area contributed by atoms with E-state index in [0.717, 1.165) is 25.3 Å². The first-order chi connectivity index (χ1) is 7.79. The van der Waals surface area contributed by atoms with Crippen molar-refractivity contribution >= 4 is 11.8 Å². The molecule has 17 heavy (non-hydrogen) atoms. The van der Waals surface area contributed by atoms with Crippen molar-refractivity contribution in [3.05, 3.63) is 24.1 Å². The normalized spacial score (nSPS) is 13.0. The predicted molar refractivity (Wildman–Crippen MR) is 51.9 cm³/mol. The third-order valence-corrected chi connectivity index (χ3v) is 1.81. The third kappa shape index (κ3) is 4.25. The summed E-state index contributed by atoms with van der Waals surface area (Å²) in [5, 5.41) is 3.72. The lowest BCUT2D eigenvalue weighted by atomic mass is 10.3. The summed E-state index contributed by atoms with van der Waals surface area (Å²) < 4.78 is 48.7. The van der Waals surface area contributed by atoms with Crippen molar-refractivity contribution in [1.82, 2.24) is 10.3 Å². The summed E-state index contributed by atoms with van der Waals surface area (Å²) in [6.07, 6.45) is -3.68. The maximum atomic E-state index is 12.5. The highest BCUT2D eigenvalue weighted by Crippen LogP contribution is 2.19. The van der Waals surface area contributed by atoms with E-state index in [1.165, 1.54) is 0 Å². The average Bonchev–Trinajstić information content (AvgIpc) is 2.20. The van der Waals surface area contributed by atoms with Gasteiger partial charge in [-0.15, -0.1) is 0 Å². The summed E-state index contributed by atoms with van der Waals surface area (Å²) >= 11 is 0. The Hall–Kier alpha value is -1.86. The average molecular weight is 251 g/mol. The Morgan fingerprint density at radius 3 is 2.53 bits per heavy atom. The minimum Gasteiger partial charge on any atom is -0.326 e. The Bertz CT molecular complexity index is 390. The number of nitrogens with one attached hydrogen (secondary N) is 2. The fourth-order valence-corrected chi connectivity index (χ4v) is 0.881. The number of carbonyl (C=O) groups excluding carboxylic acids is 1. The first-order valence-electron chi connectivity index (χ1n) is 4.55. The van der Waals surface area contributed by atoms with E-state index in [0.29, 0.717) is 0 Å². The Balaban J connectivity index is 2.53. The molecule has 1 heterocycles. The van der Waals surface area contributed by atoms with Gasteiger partial charge < -0.3 is 5.32 Å². The van der Waals surface area contributed by atoms with Crippen LogP contribution >= 0.6 is 0 Å². The van der Waals surface area contributed by atoms with Gasteiger partial charge in [-0.3, -0.25) is 5.32 Å². The van der Waals surface area contributed by atoms with Gasteiger partial charge in [0, 0.05) is 0 Å². The van der Waals surface area contributed by atoms with Gasteiger partial charge in [-0.2, -0.15) is 13.2 Å². The highest BCUT2D eigenvalue weighted by Gasteiger charge is 2.36. The number of nitrogens with zero attached hydrogens (tertiary/aromatic N) is 1. The monoisotopic (exact) mass is 251 g/mol. The quantitative estimate of drug-likeness (QED) is 0.792. The first-order valence-corrected chi connectivity index (χ1v) is 4.55. The van der Waals surface area contributed by atoms with Crippen LogP contribution in [0.5, 0.6) is 0 Å². The number of amides is 2. The van der Waals surface area contributed by atoms with E-state index in [1.54, 1.807) is 5.32 Å². The Morgan fingerprint density at radius 1 is 1.41 bits per heavy atom. The van der Waals surface area contributed by atoms with Crippen LogP contribution in [0.4, 0.5) is 28.2 Å². The van der Waals surface area contributed by atoms with Gasteiger partial charge in [0.2, 0.25) is 0 Å². The molecule has 1 rings (SSSR count). The van der Waals surface area contributed by atoms with Crippen LogP contribution in [0.25, 0.3) is 0 Å². The molecule has 0 saturated heterocycles. The smallest absolute Gasteiger partial charge is 0.326 e. The van der Waals surface area contributed by atoms with Crippen molar-refractivity contribution in [2.45, 2.75) is 19.1 Å². The van der Waals surface area contributed by atoms with E-state index >= 15 is 0 Å². The highest BCUT2D eigenvalue weighted by atomic mass is 19.4. The molecular weight excluding hydrogens is 242 g/mol. The molecule has 0 spiro atoms. The van der Waals surface area contributed by atoms with E-state index in [9.17, 15) is 22.4 Å². The van der Waals surface area contributed by atoms with Gasteiger partial charge in [0.15, 0.2) is 0 Å². The molecule has 1 unspecified atom stereocenters. The number of aromatic nitrogens is 1. The summed E-state index contributed by atoms with van der Waals surface area (Å²) in [5.41, 5.74) is 0. The zero-order valence-corrected chi connectivity index (χ0v) is 8.68. The van der Waals surface area contributed by atoms with Crippen molar-refractivity contribution in [3.63, 3.8) is 0 Å². The van der Waals surface area contributed by atoms with Crippen LogP contribution in [0.1, 0.15) is 6.92 Å². The minimum atomic E-state index is -4.52. The number of hydrogen-bond donors (Lipinski definition) is 2. The van der Waals surface area contributed by atoms with Crippen LogP contribution in [-0.4, -0.2) is 23.2 Å². The number of pyridine rings is 1. The molecule has 0 saturated carbocycles. The molecule has 0 fully saturated rings. The maximum Gasteiger partial charge on any atom is 0.408 e. The standard InChI is InChI=1S/C9H9F4N3O/c1-5(9(11,12)13)15-8(17)16-7-3-2-6(10)4-14-7/h2-5H,1H3,(H2,14,15,16,17). The molecule has 8 heteroatoms. The molecule has 4 nitrogen and oxygen atoms in total.